The van der Waals surface area contributed by atoms with Gasteiger partial charge in [0.2, 0.25) is 0 Å². The van der Waals surface area contributed by atoms with Crippen molar-refractivity contribution in [3.8, 4) is 11.5 Å². The lowest BCUT2D eigenvalue weighted by molar-refractivity contribution is -0.139. The molecule has 198 valence electrons. The number of carbonyl (C=O) groups excluding carboxylic acids is 1. The number of ether oxygens (including phenoxy) is 5. The van der Waals surface area contributed by atoms with Crippen molar-refractivity contribution in [1.82, 2.24) is 0 Å². The molecule has 2 aromatic rings. The zero-order valence-corrected chi connectivity index (χ0v) is 21.7. The zero-order chi connectivity index (χ0) is 26.5. The lowest BCUT2D eigenvalue weighted by Gasteiger charge is -2.32. The maximum absolute atomic E-state index is 11.3. The van der Waals surface area contributed by atoms with Gasteiger partial charge < -0.3 is 28.5 Å². The van der Waals surface area contributed by atoms with Gasteiger partial charge in [-0.15, -0.1) is 0 Å². The highest BCUT2D eigenvalue weighted by Gasteiger charge is 2.30. The van der Waals surface area contributed by atoms with Gasteiger partial charge in [-0.25, -0.2) is 0 Å². The van der Waals surface area contributed by atoms with Crippen molar-refractivity contribution in [1.29, 1.82) is 0 Å². The van der Waals surface area contributed by atoms with E-state index in [-0.39, 0.29) is 43.2 Å². The molecule has 0 saturated heterocycles. The summed E-state index contributed by atoms with van der Waals surface area (Å²) in [5, 5.41) is 4.13. The molecule has 0 bridgehead atoms. The molecule has 1 aliphatic heterocycles. The summed E-state index contributed by atoms with van der Waals surface area (Å²) in [5.41, 5.74) is 1.04. The van der Waals surface area contributed by atoms with Crippen LogP contribution in [0.15, 0.2) is 84.1 Å². The summed E-state index contributed by atoms with van der Waals surface area (Å²) in [4.78, 5) is 16.9. The van der Waals surface area contributed by atoms with Crippen LogP contribution >= 0.6 is 0 Å². The van der Waals surface area contributed by atoms with Crippen LogP contribution in [0, 0.1) is 5.92 Å². The minimum Gasteiger partial charge on any atom is -0.497 e. The van der Waals surface area contributed by atoms with Gasteiger partial charge in [-0.2, -0.15) is 0 Å². The van der Waals surface area contributed by atoms with E-state index in [2.05, 4.69) is 9.89 Å². The average molecular weight is 510 g/mol. The van der Waals surface area contributed by atoms with Gasteiger partial charge in [0.1, 0.15) is 42.5 Å². The van der Waals surface area contributed by atoms with Crippen LogP contribution < -0.4 is 9.47 Å². The number of hydrogen-bond donors (Lipinski definition) is 0. The molecule has 2 aromatic carbocycles. The summed E-state index contributed by atoms with van der Waals surface area (Å²) in [5.74, 6) is 1.13. The molecule has 8 heteroatoms. The fourth-order valence-electron chi connectivity index (χ4n) is 3.74. The van der Waals surface area contributed by atoms with Crippen LogP contribution in [0.5, 0.6) is 11.5 Å². The van der Waals surface area contributed by atoms with Crippen LogP contribution in [-0.4, -0.2) is 58.4 Å². The molecule has 0 unspecified atom stereocenters. The second kappa shape index (κ2) is 14.8. The minimum absolute atomic E-state index is 0.0236. The lowest BCUT2D eigenvalue weighted by atomic mass is 10.0. The number of nitrogens with zero attached hydrogens (tertiary/aromatic N) is 1. The molecule has 5 atom stereocenters. The van der Waals surface area contributed by atoms with Gasteiger partial charge in [0, 0.05) is 13.0 Å². The van der Waals surface area contributed by atoms with E-state index in [0.29, 0.717) is 5.75 Å². The summed E-state index contributed by atoms with van der Waals surface area (Å²) in [6, 6.07) is 17.4. The Morgan fingerprint density at radius 3 is 2.43 bits per heavy atom. The minimum atomic E-state index is -0.409. The smallest absolute Gasteiger partial charge is 0.309 e. The molecule has 0 saturated carbocycles. The number of carbonyl (C=O) groups is 1. The Hall–Kier alpha value is -3.62. The maximum atomic E-state index is 11.3. The van der Waals surface area contributed by atoms with Crippen molar-refractivity contribution in [3.05, 3.63) is 84.5 Å². The van der Waals surface area contributed by atoms with E-state index >= 15 is 0 Å². The SMILES string of the molecule is COC(=O)C/C=C/[C@@H](C)[C@@H](C=NOC[C@H]1O[C@H](c2ccccc2)C=C[C@@H]1Oc1ccc(OC)cc1)OC. The Bertz CT molecular complexity index is 1040. The third kappa shape index (κ3) is 8.77. The van der Waals surface area contributed by atoms with Crippen LogP contribution in [-0.2, 0) is 23.8 Å². The van der Waals surface area contributed by atoms with Crippen LogP contribution in [0.1, 0.15) is 25.0 Å². The molecule has 0 aliphatic carbocycles. The summed E-state index contributed by atoms with van der Waals surface area (Å²) in [6.45, 7) is 2.14. The van der Waals surface area contributed by atoms with Gasteiger partial charge >= 0.3 is 5.97 Å². The third-order valence-corrected chi connectivity index (χ3v) is 5.89. The summed E-state index contributed by atoms with van der Waals surface area (Å²) in [6.07, 6.45) is 8.09. The number of benzene rings is 2. The quantitative estimate of drug-likeness (QED) is 0.164. The first-order chi connectivity index (χ1) is 18.0. The number of rotatable bonds is 13. The molecule has 0 aromatic heterocycles. The molecule has 1 aliphatic rings. The Morgan fingerprint density at radius 2 is 1.76 bits per heavy atom. The second-order valence-corrected chi connectivity index (χ2v) is 8.47. The van der Waals surface area contributed by atoms with Crippen molar-refractivity contribution in [2.24, 2.45) is 11.1 Å². The largest absolute Gasteiger partial charge is 0.497 e. The standard InChI is InChI=1S/C29H35NO7/c1-21(9-8-12-29(31)34-4)27(33-3)19-30-35-20-28-26(36-24-15-13-23(32-2)14-16-24)18-17-25(37-28)22-10-6-5-7-11-22/h5-11,13-19,21,25-28H,12,20H2,1-4H3/b9-8+,30-19?/t21-,25+,26+,27-,28-/m1/s1. The Kier molecular flexibility index (Phi) is 11.2. The maximum Gasteiger partial charge on any atom is 0.309 e. The summed E-state index contributed by atoms with van der Waals surface area (Å²) >= 11 is 0. The summed E-state index contributed by atoms with van der Waals surface area (Å²) < 4.78 is 27.9. The van der Waals surface area contributed by atoms with E-state index in [9.17, 15) is 4.79 Å². The van der Waals surface area contributed by atoms with Crippen molar-refractivity contribution in [2.45, 2.75) is 37.8 Å². The van der Waals surface area contributed by atoms with E-state index in [1.54, 1.807) is 26.5 Å². The molecule has 0 radical (unpaired) electrons. The van der Waals surface area contributed by atoms with Crippen molar-refractivity contribution < 1.29 is 33.3 Å². The van der Waals surface area contributed by atoms with E-state index in [0.717, 1.165) is 11.3 Å². The lowest BCUT2D eigenvalue weighted by Crippen LogP contribution is -2.39. The van der Waals surface area contributed by atoms with Gasteiger partial charge in [0.15, 0.2) is 0 Å². The normalized spacial score (nSPS) is 21.0. The number of hydrogen-bond acceptors (Lipinski definition) is 8. The first kappa shape index (κ1) is 28.0. The van der Waals surface area contributed by atoms with Crippen molar-refractivity contribution in [2.75, 3.05) is 27.9 Å². The van der Waals surface area contributed by atoms with E-state index < -0.39 is 6.10 Å². The highest BCUT2D eigenvalue weighted by molar-refractivity contribution is 5.71. The Balaban J connectivity index is 1.63. The third-order valence-electron chi connectivity index (χ3n) is 5.89. The van der Waals surface area contributed by atoms with Gasteiger partial charge in [0.05, 0.1) is 26.9 Å². The number of methoxy groups -OCH3 is 3. The second-order valence-electron chi connectivity index (χ2n) is 8.47. The first-order valence-corrected chi connectivity index (χ1v) is 12.1. The van der Waals surface area contributed by atoms with Crippen LogP contribution in [0.2, 0.25) is 0 Å². The van der Waals surface area contributed by atoms with E-state index in [4.69, 9.17) is 23.8 Å². The molecule has 8 nitrogen and oxygen atoms in total. The van der Waals surface area contributed by atoms with E-state index in [1.807, 2.05) is 79.7 Å². The molecular formula is C29H35NO7. The average Bonchev–Trinajstić information content (AvgIpc) is 2.94. The van der Waals surface area contributed by atoms with Gasteiger partial charge in [0.25, 0.3) is 0 Å². The first-order valence-electron chi connectivity index (χ1n) is 12.1. The van der Waals surface area contributed by atoms with Gasteiger partial charge in [-0.1, -0.05) is 60.6 Å². The topological polar surface area (TPSA) is 84.8 Å². The number of oxime groups is 1. The molecule has 37 heavy (non-hydrogen) atoms. The molecule has 1 heterocycles. The van der Waals surface area contributed by atoms with Crippen molar-refractivity contribution >= 4 is 12.2 Å². The highest BCUT2D eigenvalue weighted by atomic mass is 16.6. The Morgan fingerprint density at radius 1 is 1.03 bits per heavy atom. The zero-order valence-electron chi connectivity index (χ0n) is 21.7. The van der Waals surface area contributed by atoms with E-state index in [1.165, 1.54) is 7.11 Å². The van der Waals surface area contributed by atoms with Crippen molar-refractivity contribution in [3.63, 3.8) is 0 Å². The molecule has 0 fully saturated rings. The highest BCUT2D eigenvalue weighted by Crippen LogP contribution is 2.29. The molecule has 0 N–H and O–H groups in total. The van der Waals surface area contributed by atoms with Crippen LogP contribution in [0.4, 0.5) is 0 Å². The molecule has 0 amide bonds. The predicted octanol–water partition coefficient (Wildman–Crippen LogP) is 4.91. The van der Waals surface area contributed by atoms with Crippen LogP contribution in [0.25, 0.3) is 0 Å². The monoisotopic (exact) mass is 509 g/mol. The fourth-order valence-corrected chi connectivity index (χ4v) is 3.74. The van der Waals surface area contributed by atoms with Crippen LogP contribution in [0.3, 0.4) is 0 Å². The Labute approximate surface area is 218 Å². The predicted molar refractivity (Wildman–Crippen MR) is 141 cm³/mol. The van der Waals surface area contributed by atoms with Gasteiger partial charge in [-0.05, 0) is 35.9 Å². The number of esters is 1. The van der Waals surface area contributed by atoms with Gasteiger partial charge in [-0.3, -0.25) is 4.79 Å². The molecular weight excluding hydrogens is 474 g/mol. The molecule has 3 rings (SSSR count). The molecule has 0 spiro atoms. The summed E-state index contributed by atoms with van der Waals surface area (Å²) in [7, 11) is 4.58. The fraction of sp³-hybridized carbons (Fsp3) is 0.379.